The maximum atomic E-state index is 13.3. The van der Waals surface area contributed by atoms with Crippen molar-refractivity contribution in [1.82, 2.24) is 0 Å². The molecule has 0 spiro atoms. The van der Waals surface area contributed by atoms with Crippen LogP contribution in [0.5, 0.6) is 0 Å². The van der Waals surface area contributed by atoms with Crippen molar-refractivity contribution >= 4 is 18.6 Å². The molecule has 1 aliphatic heterocycles. The van der Waals surface area contributed by atoms with Gasteiger partial charge in [-0.15, -0.1) is 0 Å². The molecule has 4 N–H and O–H groups in total. The molecule has 1 aliphatic rings. The van der Waals surface area contributed by atoms with Crippen molar-refractivity contribution in [2.45, 2.75) is 31.5 Å². The van der Waals surface area contributed by atoms with Gasteiger partial charge in [0.25, 0.3) is 0 Å². The van der Waals surface area contributed by atoms with Crippen LogP contribution in [0, 0.1) is 0 Å². The van der Waals surface area contributed by atoms with Crippen LogP contribution in [0.2, 0.25) is 0 Å². The molecule has 0 fully saturated rings. The second kappa shape index (κ2) is 6.28. The molecular weight excluding hydrogens is 274 g/mol. The fourth-order valence-electron chi connectivity index (χ4n) is 2.15. The maximum Gasteiger partial charge on any atom is 0.355 e. The van der Waals surface area contributed by atoms with Crippen LogP contribution in [0.4, 0.5) is 13.2 Å². The SMILES string of the molecule is CC1(C)N=COC1B(c1ccccc1)C(F)(F)F.O.O. The molecule has 0 amide bonds. The molecule has 1 atom stereocenters. The normalized spacial score (nSPS) is 19.6. The lowest BCUT2D eigenvalue weighted by Gasteiger charge is -2.30. The van der Waals surface area contributed by atoms with E-state index in [1.165, 1.54) is 12.1 Å². The molecule has 2 rings (SSSR count). The molecule has 1 heterocycles. The predicted molar refractivity (Wildman–Crippen MR) is 72.6 cm³/mol. The molecule has 0 aliphatic carbocycles. The van der Waals surface area contributed by atoms with Crippen LogP contribution in [-0.4, -0.2) is 41.7 Å². The van der Waals surface area contributed by atoms with Gasteiger partial charge in [0.15, 0.2) is 6.40 Å². The Kier molecular flexibility index (Phi) is 5.79. The minimum absolute atomic E-state index is 0. The van der Waals surface area contributed by atoms with E-state index < -0.39 is 24.3 Å². The predicted octanol–water partition coefficient (Wildman–Crippen LogP) is 0.585. The highest BCUT2D eigenvalue weighted by atomic mass is 19.4. The van der Waals surface area contributed by atoms with E-state index in [2.05, 4.69) is 4.99 Å². The van der Waals surface area contributed by atoms with E-state index in [1.807, 2.05) is 0 Å². The third kappa shape index (κ3) is 3.52. The van der Waals surface area contributed by atoms with E-state index in [0.717, 1.165) is 6.40 Å². The second-order valence-electron chi connectivity index (χ2n) is 4.87. The summed E-state index contributed by atoms with van der Waals surface area (Å²) in [5, 5.41) is 0. The number of hydrogen-bond donors (Lipinski definition) is 0. The average Bonchev–Trinajstić information content (AvgIpc) is 2.59. The van der Waals surface area contributed by atoms with Crippen LogP contribution in [0.25, 0.3) is 0 Å². The van der Waals surface area contributed by atoms with Gasteiger partial charge in [0, 0.05) is 0 Å². The number of alkyl halides is 3. The summed E-state index contributed by atoms with van der Waals surface area (Å²) in [5.41, 5.74) is -0.677. The highest BCUT2D eigenvalue weighted by molar-refractivity contribution is 6.76. The van der Waals surface area contributed by atoms with Crippen molar-refractivity contribution in [2.75, 3.05) is 0 Å². The first-order valence-corrected chi connectivity index (χ1v) is 5.63. The highest BCUT2D eigenvalue weighted by Gasteiger charge is 2.57. The summed E-state index contributed by atoms with van der Waals surface area (Å²) in [6.45, 7) is 1.61. The first-order valence-electron chi connectivity index (χ1n) is 5.63. The molecule has 0 aromatic heterocycles. The van der Waals surface area contributed by atoms with Crippen molar-refractivity contribution in [1.29, 1.82) is 0 Å². The quantitative estimate of drug-likeness (QED) is 0.734. The molecule has 0 saturated heterocycles. The number of nitrogens with zero attached hydrogens (tertiary/aromatic N) is 1. The summed E-state index contributed by atoms with van der Waals surface area (Å²) >= 11 is 0. The van der Waals surface area contributed by atoms with Crippen molar-refractivity contribution < 1.29 is 28.9 Å². The van der Waals surface area contributed by atoms with Crippen molar-refractivity contribution in [3.63, 3.8) is 0 Å². The van der Waals surface area contributed by atoms with Crippen LogP contribution in [0.3, 0.4) is 0 Å². The number of hydrogen-bond acceptors (Lipinski definition) is 2. The minimum atomic E-state index is -4.36. The van der Waals surface area contributed by atoms with Crippen LogP contribution in [0.15, 0.2) is 35.3 Å². The van der Waals surface area contributed by atoms with Crippen molar-refractivity contribution in [3.05, 3.63) is 30.3 Å². The molecule has 0 bridgehead atoms. The molecule has 1 unspecified atom stereocenters. The van der Waals surface area contributed by atoms with E-state index in [9.17, 15) is 13.2 Å². The summed E-state index contributed by atoms with van der Waals surface area (Å²) in [6, 6.07) is 6.79. The first-order chi connectivity index (χ1) is 8.32. The van der Waals surface area contributed by atoms with Gasteiger partial charge in [0.05, 0.1) is 5.54 Å². The van der Waals surface area contributed by atoms with E-state index in [-0.39, 0.29) is 16.4 Å². The number of aliphatic imine (C=N–C) groups is 1. The zero-order valence-electron chi connectivity index (χ0n) is 11.1. The second-order valence-corrected chi connectivity index (χ2v) is 4.87. The molecule has 20 heavy (non-hydrogen) atoms. The molecule has 1 aromatic carbocycles. The highest BCUT2D eigenvalue weighted by Crippen LogP contribution is 2.31. The fourth-order valence-corrected chi connectivity index (χ4v) is 2.15. The van der Waals surface area contributed by atoms with E-state index >= 15 is 0 Å². The zero-order valence-corrected chi connectivity index (χ0v) is 11.1. The van der Waals surface area contributed by atoms with Gasteiger partial charge in [0.2, 0.25) is 0 Å². The van der Waals surface area contributed by atoms with Crippen LogP contribution in [0.1, 0.15) is 13.8 Å². The molecule has 112 valence electrons. The fraction of sp³-hybridized carbons (Fsp3) is 0.417. The standard InChI is InChI=1S/C12H13BF3NO.2H2O/c1-11(2)10(18-8-17-11)13(12(14,15)16)9-6-4-3-5-7-9;;/h3-8,10H,1-2H3;2*1H2. The summed E-state index contributed by atoms with van der Waals surface area (Å²) in [6.07, 6.45) is -3.25. The van der Waals surface area contributed by atoms with Gasteiger partial charge in [-0.1, -0.05) is 35.8 Å². The van der Waals surface area contributed by atoms with Gasteiger partial charge >= 0.3 is 12.8 Å². The summed E-state index contributed by atoms with van der Waals surface area (Å²) < 4.78 is 44.9. The Labute approximate surface area is 115 Å². The van der Waals surface area contributed by atoms with Crippen molar-refractivity contribution in [2.24, 2.45) is 4.99 Å². The summed E-state index contributed by atoms with van der Waals surface area (Å²) in [5.74, 6) is 0. The maximum absolute atomic E-state index is 13.3. The topological polar surface area (TPSA) is 84.6 Å². The Morgan fingerprint density at radius 3 is 2.10 bits per heavy atom. The van der Waals surface area contributed by atoms with E-state index in [1.54, 1.807) is 32.0 Å². The third-order valence-electron chi connectivity index (χ3n) is 3.10. The van der Waals surface area contributed by atoms with E-state index in [4.69, 9.17) is 4.74 Å². The Bertz CT molecular complexity index is 451. The van der Waals surface area contributed by atoms with Crippen LogP contribution < -0.4 is 5.46 Å². The number of halogens is 3. The van der Waals surface area contributed by atoms with Crippen LogP contribution in [-0.2, 0) is 4.74 Å². The summed E-state index contributed by atoms with van der Waals surface area (Å²) in [4.78, 5) is 3.96. The van der Waals surface area contributed by atoms with Crippen LogP contribution >= 0.6 is 0 Å². The van der Waals surface area contributed by atoms with E-state index in [0.29, 0.717) is 0 Å². The lowest BCUT2D eigenvalue weighted by Crippen LogP contribution is -2.59. The van der Waals surface area contributed by atoms with Gasteiger partial charge in [-0.2, -0.15) is 13.2 Å². The zero-order chi connectivity index (χ0) is 13.4. The van der Waals surface area contributed by atoms with Gasteiger partial charge in [-0.25, -0.2) is 4.99 Å². The third-order valence-corrected chi connectivity index (χ3v) is 3.10. The average molecular weight is 291 g/mol. The van der Waals surface area contributed by atoms with Gasteiger partial charge < -0.3 is 15.7 Å². The minimum Gasteiger partial charge on any atom is -0.485 e. The van der Waals surface area contributed by atoms with Gasteiger partial charge in [-0.05, 0) is 13.8 Å². The largest absolute Gasteiger partial charge is 0.485 e. The van der Waals surface area contributed by atoms with Gasteiger partial charge in [-0.3, -0.25) is 0 Å². The Hall–Kier alpha value is -1.54. The number of rotatable bonds is 2. The summed E-state index contributed by atoms with van der Waals surface area (Å²) in [7, 11) is 0. The van der Waals surface area contributed by atoms with Gasteiger partial charge in [0.1, 0.15) is 6.00 Å². The Morgan fingerprint density at radius 1 is 1.15 bits per heavy atom. The lowest BCUT2D eigenvalue weighted by molar-refractivity contribution is -0.0556. The number of benzene rings is 1. The smallest absolute Gasteiger partial charge is 0.355 e. The molecular formula is C12H17BF3NO3. The Balaban J connectivity index is 0.00000180. The van der Waals surface area contributed by atoms with Crippen molar-refractivity contribution in [3.8, 4) is 0 Å². The molecule has 0 radical (unpaired) electrons. The molecule has 8 heteroatoms. The Morgan fingerprint density at radius 2 is 1.70 bits per heavy atom. The molecule has 4 nitrogen and oxygen atoms in total. The molecule has 1 aromatic rings. The number of ether oxygens (including phenoxy) is 1. The lowest BCUT2D eigenvalue weighted by atomic mass is 9.37. The first kappa shape index (κ1) is 18.5. The monoisotopic (exact) mass is 291 g/mol. The molecule has 0 saturated carbocycles.